The summed E-state index contributed by atoms with van der Waals surface area (Å²) in [7, 11) is 0. The second-order valence-electron chi connectivity index (χ2n) is 2.24. The van der Waals surface area contributed by atoms with Crippen LogP contribution in [0, 0.1) is 6.92 Å². The van der Waals surface area contributed by atoms with Crippen LogP contribution in [0.4, 0.5) is 0 Å². The summed E-state index contributed by atoms with van der Waals surface area (Å²) >= 11 is 0. The molecular formula is C7H10N2O. The van der Waals surface area contributed by atoms with Crippen LogP contribution in [0.2, 0.25) is 0 Å². The average molecular weight is 138 g/mol. The molecule has 1 aromatic heterocycles. The Labute approximate surface area is 59.8 Å². The lowest BCUT2D eigenvalue weighted by atomic mass is 10.1. The summed E-state index contributed by atoms with van der Waals surface area (Å²) < 4.78 is 0. The third kappa shape index (κ3) is 1.30. The predicted octanol–water partition coefficient (Wildman–Crippen LogP) is 0.838. The molecule has 54 valence electrons. The number of aliphatic hydroxyl groups excluding tert-OH is 1. The van der Waals surface area contributed by atoms with Gasteiger partial charge in [-0.1, -0.05) is 0 Å². The number of aliphatic hydroxyl groups is 1. The van der Waals surface area contributed by atoms with Crippen LogP contribution < -0.4 is 0 Å². The first kappa shape index (κ1) is 7.15. The van der Waals surface area contributed by atoms with Gasteiger partial charge in [-0.2, -0.15) is 0 Å². The lowest BCUT2D eigenvalue weighted by Gasteiger charge is -2.04. The van der Waals surface area contributed by atoms with Crippen molar-refractivity contribution in [2.24, 2.45) is 0 Å². The molecule has 3 heteroatoms. The molecule has 0 amide bonds. The fourth-order valence-electron chi connectivity index (χ4n) is 0.812. The Kier molecular flexibility index (Phi) is 1.97. The minimum atomic E-state index is -0.471. The summed E-state index contributed by atoms with van der Waals surface area (Å²) in [6, 6.07) is 0. The summed E-state index contributed by atoms with van der Waals surface area (Å²) in [6.45, 7) is 3.55. The van der Waals surface area contributed by atoms with Crippen molar-refractivity contribution in [3.8, 4) is 0 Å². The van der Waals surface area contributed by atoms with Crippen LogP contribution in [0.15, 0.2) is 12.5 Å². The highest BCUT2D eigenvalue weighted by Gasteiger charge is 2.03. The van der Waals surface area contributed by atoms with Crippen molar-refractivity contribution in [3.63, 3.8) is 0 Å². The number of nitrogens with zero attached hydrogens (tertiary/aromatic N) is 2. The minimum absolute atomic E-state index is 0.471. The molecule has 1 aromatic rings. The Morgan fingerprint density at radius 3 is 2.70 bits per heavy atom. The van der Waals surface area contributed by atoms with Crippen molar-refractivity contribution >= 4 is 0 Å². The second-order valence-corrected chi connectivity index (χ2v) is 2.24. The van der Waals surface area contributed by atoms with E-state index in [1.807, 2.05) is 6.92 Å². The Balaban J connectivity index is 3.03. The van der Waals surface area contributed by atoms with Crippen LogP contribution in [-0.2, 0) is 0 Å². The van der Waals surface area contributed by atoms with Crippen molar-refractivity contribution < 1.29 is 5.11 Å². The number of rotatable bonds is 1. The lowest BCUT2D eigenvalue weighted by molar-refractivity contribution is 0.197. The molecule has 0 aliphatic carbocycles. The molecule has 0 bridgehead atoms. The van der Waals surface area contributed by atoms with Crippen molar-refractivity contribution in [2.45, 2.75) is 20.0 Å². The van der Waals surface area contributed by atoms with Crippen LogP contribution in [0.1, 0.15) is 24.3 Å². The Morgan fingerprint density at radius 2 is 2.30 bits per heavy atom. The molecule has 0 saturated carbocycles. The molecule has 1 atom stereocenters. The topological polar surface area (TPSA) is 46.0 Å². The molecule has 0 fully saturated rings. The third-order valence-electron chi connectivity index (χ3n) is 1.40. The largest absolute Gasteiger partial charge is 0.389 e. The maximum Gasteiger partial charge on any atom is 0.115 e. The number of hydrogen-bond acceptors (Lipinski definition) is 3. The molecule has 0 radical (unpaired) electrons. The zero-order valence-corrected chi connectivity index (χ0v) is 6.07. The zero-order chi connectivity index (χ0) is 7.56. The van der Waals surface area contributed by atoms with Crippen molar-refractivity contribution in [3.05, 3.63) is 23.8 Å². The normalized spacial score (nSPS) is 13.1. The predicted molar refractivity (Wildman–Crippen MR) is 37.4 cm³/mol. The van der Waals surface area contributed by atoms with E-state index in [0.29, 0.717) is 0 Å². The van der Waals surface area contributed by atoms with Gasteiger partial charge in [-0.3, -0.25) is 0 Å². The van der Waals surface area contributed by atoms with E-state index in [2.05, 4.69) is 9.97 Å². The number of aryl methyl sites for hydroxylation is 1. The average Bonchev–Trinajstić information content (AvgIpc) is 1.88. The van der Waals surface area contributed by atoms with Gasteiger partial charge in [0.15, 0.2) is 0 Å². The zero-order valence-electron chi connectivity index (χ0n) is 6.07. The van der Waals surface area contributed by atoms with Crippen LogP contribution >= 0.6 is 0 Å². The van der Waals surface area contributed by atoms with E-state index in [9.17, 15) is 0 Å². The second kappa shape index (κ2) is 2.75. The van der Waals surface area contributed by atoms with Gasteiger partial charge in [0.05, 0.1) is 6.10 Å². The number of aromatic nitrogens is 2. The maximum absolute atomic E-state index is 9.12. The van der Waals surface area contributed by atoms with Gasteiger partial charge in [0.25, 0.3) is 0 Å². The fraction of sp³-hybridized carbons (Fsp3) is 0.429. The standard InChI is InChI=1S/C7H10N2O/c1-5-7(6(2)10)3-8-4-9-5/h3-4,6,10H,1-2H3/t6-/m1/s1. The molecule has 0 saturated heterocycles. The van der Waals surface area contributed by atoms with Gasteiger partial charge in [0.2, 0.25) is 0 Å². The summed E-state index contributed by atoms with van der Waals surface area (Å²) in [6.07, 6.45) is 2.63. The quantitative estimate of drug-likeness (QED) is 0.625. The highest BCUT2D eigenvalue weighted by atomic mass is 16.3. The van der Waals surface area contributed by atoms with Crippen molar-refractivity contribution in [2.75, 3.05) is 0 Å². The van der Waals surface area contributed by atoms with Crippen molar-refractivity contribution in [1.29, 1.82) is 0 Å². The van der Waals surface area contributed by atoms with E-state index in [1.165, 1.54) is 6.33 Å². The molecule has 1 rings (SSSR count). The van der Waals surface area contributed by atoms with Crippen molar-refractivity contribution in [1.82, 2.24) is 9.97 Å². The van der Waals surface area contributed by atoms with Crippen LogP contribution in [0.25, 0.3) is 0 Å². The molecule has 0 spiro atoms. The Bertz CT molecular complexity index is 223. The molecule has 0 aliphatic rings. The third-order valence-corrected chi connectivity index (χ3v) is 1.40. The fourth-order valence-corrected chi connectivity index (χ4v) is 0.812. The molecule has 3 nitrogen and oxygen atoms in total. The Hall–Kier alpha value is -0.960. The van der Waals surface area contributed by atoms with Crippen LogP contribution in [0.5, 0.6) is 0 Å². The van der Waals surface area contributed by atoms with Gasteiger partial charge in [0, 0.05) is 17.5 Å². The van der Waals surface area contributed by atoms with E-state index in [0.717, 1.165) is 11.3 Å². The van der Waals surface area contributed by atoms with E-state index < -0.39 is 6.10 Å². The van der Waals surface area contributed by atoms with Gasteiger partial charge in [-0.15, -0.1) is 0 Å². The van der Waals surface area contributed by atoms with Crippen LogP contribution in [-0.4, -0.2) is 15.1 Å². The smallest absolute Gasteiger partial charge is 0.115 e. The minimum Gasteiger partial charge on any atom is -0.389 e. The molecule has 0 unspecified atom stereocenters. The maximum atomic E-state index is 9.12. The Morgan fingerprint density at radius 1 is 1.60 bits per heavy atom. The summed E-state index contributed by atoms with van der Waals surface area (Å²) in [4.78, 5) is 7.72. The molecule has 0 aromatic carbocycles. The molecule has 1 heterocycles. The highest BCUT2D eigenvalue weighted by molar-refractivity contribution is 5.15. The lowest BCUT2D eigenvalue weighted by Crippen LogP contribution is -1.97. The first-order chi connectivity index (χ1) is 4.72. The summed E-state index contributed by atoms with van der Waals surface area (Å²) in [5.41, 5.74) is 1.63. The first-order valence-corrected chi connectivity index (χ1v) is 3.16. The molecular weight excluding hydrogens is 128 g/mol. The van der Waals surface area contributed by atoms with Gasteiger partial charge in [0.1, 0.15) is 6.33 Å². The molecule has 1 N–H and O–H groups in total. The molecule has 0 aliphatic heterocycles. The van der Waals surface area contributed by atoms with E-state index in [1.54, 1.807) is 13.1 Å². The van der Waals surface area contributed by atoms with Gasteiger partial charge in [-0.25, -0.2) is 9.97 Å². The SMILES string of the molecule is Cc1ncncc1[C@@H](C)O. The van der Waals surface area contributed by atoms with E-state index >= 15 is 0 Å². The monoisotopic (exact) mass is 138 g/mol. The summed E-state index contributed by atoms with van der Waals surface area (Å²) in [5.74, 6) is 0. The first-order valence-electron chi connectivity index (χ1n) is 3.16. The summed E-state index contributed by atoms with van der Waals surface area (Å²) in [5, 5.41) is 9.12. The molecule has 10 heavy (non-hydrogen) atoms. The van der Waals surface area contributed by atoms with E-state index in [-0.39, 0.29) is 0 Å². The van der Waals surface area contributed by atoms with Gasteiger partial charge in [-0.05, 0) is 13.8 Å². The highest BCUT2D eigenvalue weighted by Crippen LogP contribution is 2.11. The number of hydrogen-bond donors (Lipinski definition) is 1. The van der Waals surface area contributed by atoms with Gasteiger partial charge < -0.3 is 5.11 Å². The van der Waals surface area contributed by atoms with E-state index in [4.69, 9.17) is 5.11 Å². The van der Waals surface area contributed by atoms with Crippen LogP contribution in [0.3, 0.4) is 0 Å². The van der Waals surface area contributed by atoms with Gasteiger partial charge >= 0.3 is 0 Å².